The van der Waals surface area contributed by atoms with Gasteiger partial charge >= 0.3 is 0 Å². The van der Waals surface area contributed by atoms with E-state index < -0.39 is 37.6 Å². The van der Waals surface area contributed by atoms with Crippen molar-refractivity contribution in [3.63, 3.8) is 0 Å². The molecule has 2 atom stereocenters. The lowest BCUT2D eigenvalue weighted by atomic mass is 9.92. The molecule has 2 aromatic rings. The molecule has 1 unspecified atom stereocenters. The Bertz CT molecular complexity index is 1180. The van der Waals surface area contributed by atoms with E-state index in [9.17, 15) is 17.6 Å². The molecule has 2 aliphatic rings. The Hall–Kier alpha value is -2.56. The van der Waals surface area contributed by atoms with Gasteiger partial charge in [0.05, 0.1) is 17.4 Å². The van der Waals surface area contributed by atoms with Crippen LogP contribution in [0.4, 0.5) is 10.1 Å². The molecule has 0 bridgehead atoms. The van der Waals surface area contributed by atoms with Gasteiger partial charge < -0.3 is 15.8 Å². The first kappa shape index (κ1) is 21.7. The first-order valence-corrected chi connectivity index (χ1v) is 11.5. The van der Waals surface area contributed by atoms with Crippen molar-refractivity contribution in [1.29, 1.82) is 0 Å². The zero-order valence-corrected chi connectivity index (χ0v) is 18.1. The van der Waals surface area contributed by atoms with Gasteiger partial charge in [0.25, 0.3) is 5.91 Å². The van der Waals surface area contributed by atoms with Gasteiger partial charge in [-0.05, 0) is 43.7 Å². The third-order valence-corrected chi connectivity index (χ3v) is 8.54. The quantitative estimate of drug-likeness (QED) is 0.715. The van der Waals surface area contributed by atoms with E-state index in [1.165, 1.54) is 37.4 Å². The maximum absolute atomic E-state index is 14.8. The minimum absolute atomic E-state index is 0.00894. The van der Waals surface area contributed by atoms with Crippen molar-refractivity contribution in [1.82, 2.24) is 4.98 Å². The third-order valence-electron chi connectivity index (χ3n) is 5.65. The number of halogens is 2. The maximum Gasteiger partial charge on any atom is 0.274 e. The summed E-state index contributed by atoms with van der Waals surface area (Å²) in [7, 11) is -3.78. The summed E-state index contributed by atoms with van der Waals surface area (Å²) in [6, 6.07) is 6.84. The van der Waals surface area contributed by atoms with Crippen LogP contribution >= 0.6 is 11.6 Å². The number of carbonyl (C=O) groups excluding carboxylic acids is 1. The van der Waals surface area contributed by atoms with E-state index in [4.69, 9.17) is 22.1 Å². The van der Waals surface area contributed by atoms with Gasteiger partial charge in [-0.3, -0.25) is 9.79 Å². The lowest BCUT2D eigenvalue weighted by Crippen LogP contribution is -2.58. The third kappa shape index (κ3) is 3.68. The van der Waals surface area contributed by atoms with Crippen molar-refractivity contribution in [2.45, 2.75) is 23.6 Å². The Morgan fingerprint density at radius 2 is 2.10 bits per heavy atom. The second kappa shape index (κ2) is 7.54. The number of benzene rings is 1. The summed E-state index contributed by atoms with van der Waals surface area (Å²) < 4.78 is 45.0. The van der Waals surface area contributed by atoms with Gasteiger partial charge in [-0.15, -0.1) is 0 Å². The molecule has 4 rings (SSSR count). The molecule has 164 valence electrons. The minimum Gasteiger partial charge on any atom is -0.386 e. The highest BCUT2D eigenvalue weighted by Gasteiger charge is 2.57. The molecule has 0 aliphatic carbocycles. The molecule has 0 saturated carbocycles. The number of hydrogen-bond donors (Lipinski definition) is 2. The zero-order chi connectivity index (χ0) is 22.4. The van der Waals surface area contributed by atoms with Gasteiger partial charge in [0.15, 0.2) is 14.6 Å². The van der Waals surface area contributed by atoms with E-state index in [2.05, 4.69) is 15.3 Å². The highest BCUT2D eigenvalue weighted by Crippen LogP contribution is 2.41. The SMILES string of the molecule is C[C@@]1(c2cc(NC(=O)c3ccc(Cl)cn3)ccc2F)CS(=O)(=O)C2(CCOC2)C(N)=N1. The molecule has 3 heterocycles. The summed E-state index contributed by atoms with van der Waals surface area (Å²) in [6.45, 7) is 1.71. The number of rotatable bonds is 3. The zero-order valence-electron chi connectivity index (χ0n) is 16.6. The Kier molecular flexibility index (Phi) is 5.27. The van der Waals surface area contributed by atoms with Crippen LogP contribution in [-0.2, 0) is 20.1 Å². The number of anilines is 1. The number of hydrogen-bond acceptors (Lipinski definition) is 7. The van der Waals surface area contributed by atoms with Crippen molar-refractivity contribution in [3.05, 3.63) is 58.6 Å². The Labute approximate surface area is 183 Å². The molecular weight excluding hydrogens is 447 g/mol. The fourth-order valence-corrected chi connectivity index (χ4v) is 6.29. The van der Waals surface area contributed by atoms with Crippen LogP contribution in [0, 0.1) is 5.82 Å². The summed E-state index contributed by atoms with van der Waals surface area (Å²) in [5.74, 6) is -1.70. The molecule has 1 amide bonds. The van der Waals surface area contributed by atoms with Gasteiger partial charge in [-0.1, -0.05) is 11.6 Å². The van der Waals surface area contributed by atoms with Crippen molar-refractivity contribution >= 4 is 38.9 Å². The average molecular weight is 467 g/mol. The molecule has 1 fully saturated rings. The number of nitrogens with zero attached hydrogens (tertiary/aromatic N) is 2. The van der Waals surface area contributed by atoms with Crippen LogP contribution in [0.2, 0.25) is 5.02 Å². The number of pyridine rings is 1. The first-order chi connectivity index (χ1) is 14.6. The van der Waals surface area contributed by atoms with Crippen LogP contribution in [0.3, 0.4) is 0 Å². The second-order valence-corrected chi connectivity index (χ2v) is 10.6. The summed E-state index contributed by atoms with van der Waals surface area (Å²) in [6.07, 6.45) is 1.55. The highest BCUT2D eigenvalue weighted by atomic mass is 35.5. The van der Waals surface area contributed by atoms with Crippen LogP contribution in [0.5, 0.6) is 0 Å². The van der Waals surface area contributed by atoms with Crippen molar-refractivity contribution in [2.75, 3.05) is 24.3 Å². The lowest BCUT2D eigenvalue weighted by molar-refractivity contribution is 0.102. The van der Waals surface area contributed by atoms with Gasteiger partial charge in [0.2, 0.25) is 0 Å². The molecule has 1 aromatic heterocycles. The Morgan fingerprint density at radius 3 is 2.71 bits per heavy atom. The Balaban J connectivity index is 1.69. The minimum atomic E-state index is -3.78. The van der Waals surface area contributed by atoms with Gasteiger partial charge in [-0.2, -0.15) is 0 Å². The van der Waals surface area contributed by atoms with Crippen LogP contribution in [0.1, 0.15) is 29.4 Å². The predicted octanol–water partition coefficient (Wildman–Crippen LogP) is 2.29. The molecule has 3 N–H and O–H groups in total. The fraction of sp³-hybridized carbons (Fsp3) is 0.350. The maximum atomic E-state index is 14.8. The summed E-state index contributed by atoms with van der Waals surface area (Å²) in [5, 5.41) is 3.00. The lowest BCUT2D eigenvalue weighted by Gasteiger charge is -2.39. The van der Waals surface area contributed by atoms with Gasteiger partial charge in [0, 0.05) is 24.1 Å². The number of nitrogens with two attached hydrogens (primary N) is 1. The van der Waals surface area contributed by atoms with E-state index in [-0.39, 0.29) is 42.4 Å². The number of amides is 1. The molecule has 2 aliphatic heterocycles. The number of carbonyl (C=O) groups is 1. The van der Waals surface area contributed by atoms with Crippen molar-refractivity contribution < 1.29 is 22.3 Å². The number of amidine groups is 1. The molecule has 1 spiro atoms. The summed E-state index contributed by atoms with van der Waals surface area (Å²) in [4.78, 5) is 20.8. The number of nitrogens with one attached hydrogen (secondary N) is 1. The van der Waals surface area contributed by atoms with E-state index in [1.54, 1.807) is 0 Å². The first-order valence-electron chi connectivity index (χ1n) is 9.45. The molecule has 0 radical (unpaired) electrons. The number of aromatic nitrogens is 1. The van der Waals surface area contributed by atoms with E-state index in [0.29, 0.717) is 5.02 Å². The fourth-order valence-electron chi connectivity index (χ4n) is 3.92. The van der Waals surface area contributed by atoms with Gasteiger partial charge in [0.1, 0.15) is 22.9 Å². The van der Waals surface area contributed by atoms with Gasteiger partial charge in [-0.25, -0.2) is 17.8 Å². The molecular formula is C20H20ClFN4O4S. The van der Waals surface area contributed by atoms with Crippen LogP contribution < -0.4 is 11.1 Å². The summed E-state index contributed by atoms with van der Waals surface area (Å²) in [5.41, 5.74) is 5.03. The van der Waals surface area contributed by atoms with Crippen molar-refractivity contribution in [3.8, 4) is 0 Å². The van der Waals surface area contributed by atoms with Crippen LogP contribution in [0.15, 0.2) is 41.5 Å². The van der Waals surface area contributed by atoms with Crippen LogP contribution in [0.25, 0.3) is 0 Å². The number of ether oxygens (including phenoxy) is 1. The molecule has 8 nitrogen and oxygen atoms in total. The topological polar surface area (TPSA) is 124 Å². The molecule has 1 aromatic carbocycles. The normalized spacial score (nSPS) is 27.1. The van der Waals surface area contributed by atoms with E-state index >= 15 is 0 Å². The van der Waals surface area contributed by atoms with Crippen molar-refractivity contribution in [2.24, 2.45) is 10.7 Å². The predicted molar refractivity (Wildman–Crippen MR) is 115 cm³/mol. The number of sulfone groups is 1. The molecule has 31 heavy (non-hydrogen) atoms. The largest absolute Gasteiger partial charge is 0.386 e. The van der Waals surface area contributed by atoms with E-state index in [0.717, 1.165) is 6.07 Å². The second-order valence-electron chi connectivity index (χ2n) is 7.84. The van der Waals surface area contributed by atoms with E-state index in [1.807, 2.05) is 0 Å². The molecule has 1 saturated heterocycles. The monoisotopic (exact) mass is 466 g/mol. The number of aliphatic imine (C=N–C) groups is 1. The smallest absolute Gasteiger partial charge is 0.274 e. The standard InChI is InChI=1S/C20H20ClFN4O4S/c1-19(11-31(28,29)20(18(23)26-19)6-7-30-10-20)14-8-13(3-4-15(14)22)25-17(27)16-5-2-12(21)9-24-16/h2-5,8-9H,6-7,10-11H2,1H3,(H2,23,26)(H,25,27)/t19-,20?/m0/s1. The molecule has 11 heteroatoms. The van der Waals surface area contributed by atoms with Crippen LogP contribution in [-0.4, -0.2) is 48.9 Å². The Morgan fingerprint density at radius 1 is 1.32 bits per heavy atom. The summed E-state index contributed by atoms with van der Waals surface area (Å²) >= 11 is 5.78. The average Bonchev–Trinajstić information content (AvgIpc) is 3.20. The highest BCUT2D eigenvalue weighted by molar-refractivity contribution is 7.93.